The largest absolute Gasteiger partial charge is 1.00 e. The predicted molar refractivity (Wildman–Crippen MR) is 544 cm³/mol. The van der Waals surface area contributed by atoms with Crippen LogP contribution in [0, 0.1) is 0 Å². The van der Waals surface area contributed by atoms with Crippen LogP contribution in [0.2, 0.25) is 0 Å². The van der Waals surface area contributed by atoms with Crippen LogP contribution >= 0.6 is 0 Å². The number of hydrogen-bond acceptors (Lipinski definition) is 30. The summed E-state index contributed by atoms with van der Waals surface area (Å²) in [5.74, 6) is 0. The second-order valence-corrected chi connectivity index (χ2v) is 43.8. The van der Waals surface area contributed by atoms with Crippen molar-refractivity contribution in [2.75, 3.05) is 52.9 Å². The normalized spacial score (nSPS) is 11.4. The van der Waals surface area contributed by atoms with Gasteiger partial charge in [-0.05, 0) is 51.4 Å². The molecule has 0 aliphatic heterocycles. The van der Waals surface area contributed by atoms with E-state index in [0.29, 0.717) is 51.4 Å². The fourth-order valence-corrected chi connectivity index (χ4v) is 16.6. The fraction of sp³-hybridized carbons (Fsp3) is 1.00. The molecule has 0 spiro atoms. The van der Waals surface area contributed by atoms with E-state index in [2.05, 4.69) is 88.9 Å². The Hall–Kier alpha value is 4.96. The molecule has 32 nitrogen and oxygen atoms in total. The van der Waals surface area contributed by atoms with E-state index in [4.69, 9.17) is 9.11 Å². The summed E-state index contributed by atoms with van der Waals surface area (Å²) in [4.78, 5) is 0. The standard InChI is InChI=1S/8C12H26O4S.6Na/c8*1-2-3-4-5-6-7-8-9-10-11-12-16-17(13,14)15;;;;;;/h8*2-12H2,1H3,(H,13,14,15);;;;;;/q;;;;;;;;6*+1/p-6. The van der Waals surface area contributed by atoms with Gasteiger partial charge in [-0.15, -0.1) is 0 Å². The average Bonchev–Trinajstić information content (AvgIpc) is 1.03. The van der Waals surface area contributed by atoms with Gasteiger partial charge in [0.25, 0.3) is 0 Å². The Morgan fingerprint density at radius 2 is 0.190 bits per heavy atom. The van der Waals surface area contributed by atoms with Gasteiger partial charge in [0.15, 0.2) is 0 Å². The van der Waals surface area contributed by atoms with Gasteiger partial charge in [-0.2, -0.15) is 16.8 Å². The van der Waals surface area contributed by atoms with E-state index in [-0.39, 0.29) is 230 Å². The van der Waals surface area contributed by atoms with Crippen LogP contribution < -0.4 is 177 Å². The van der Waals surface area contributed by atoms with Gasteiger partial charge < -0.3 is 27.3 Å². The molecule has 0 fully saturated rings. The summed E-state index contributed by atoms with van der Waals surface area (Å²) in [5, 5.41) is 0. The van der Waals surface area contributed by atoms with Gasteiger partial charge in [0, 0.05) is 0 Å². The summed E-state index contributed by atoms with van der Waals surface area (Å²) in [7, 11) is -35.4. The quantitative estimate of drug-likeness (QED) is 0.0247. The molecule has 0 bridgehead atoms. The third-order valence-corrected chi connectivity index (χ3v) is 25.5. The fourth-order valence-electron chi connectivity index (χ4n) is 14.0. The first-order chi connectivity index (χ1) is 64.5. The Labute approximate surface area is 1010 Å². The van der Waals surface area contributed by atoms with E-state index >= 15 is 0 Å². The van der Waals surface area contributed by atoms with Crippen molar-refractivity contribution in [3.63, 3.8) is 0 Å². The van der Waals surface area contributed by atoms with E-state index in [1.165, 1.54) is 360 Å². The topological polar surface area (TPSA) is 526 Å². The molecular formula is C96H202Na6O32S8. The first-order valence-corrected chi connectivity index (χ1v) is 64.1. The molecule has 46 heteroatoms. The smallest absolute Gasteiger partial charge is 0.726 e. The van der Waals surface area contributed by atoms with Crippen molar-refractivity contribution in [1.82, 2.24) is 0 Å². The van der Waals surface area contributed by atoms with Crippen LogP contribution in [0.5, 0.6) is 0 Å². The molecule has 0 aliphatic rings. The molecule has 0 heterocycles. The maximum atomic E-state index is 10.2. The molecule has 0 atom stereocenters. The van der Waals surface area contributed by atoms with Crippen molar-refractivity contribution in [1.29, 1.82) is 0 Å². The van der Waals surface area contributed by atoms with E-state index in [0.717, 1.165) is 103 Å². The molecule has 0 aromatic carbocycles. The van der Waals surface area contributed by atoms with Crippen molar-refractivity contribution in [3.05, 3.63) is 0 Å². The predicted octanol–water partition coefficient (Wildman–Crippen LogP) is 9.78. The first-order valence-electron chi connectivity index (χ1n) is 53.3. The molecule has 832 valence electrons. The summed E-state index contributed by atoms with van der Waals surface area (Å²) in [6.45, 7) is 18.1. The Morgan fingerprint density at radius 3 is 0.254 bits per heavy atom. The summed E-state index contributed by atoms with van der Waals surface area (Å²) in [6, 6.07) is 0. The Balaban J connectivity index is -0.000000109. The number of rotatable bonds is 96. The number of unbranched alkanes of at least 4 members (excludes halogenated alkanes) is 72. The number of hydrogen-bond donors (Lipinski definition) is 2. The van der Waals surface area contributed by atoms with Crippen molar-refractivity contribution in [2.45, 2.75) is 569 Å². The van der Waals surface area contributed by atoms with Gasteiger partial charge in [-0.1, -0.05) is 518 Å². The minimum Gasteiger partial charge on any atom is -0.726 e. The van der Waals surface area contributed by atoms with Gasteiger partial charge in [-0.3, -0.25) is 34.2 Å². The maximum absolute atomic E-state index is 10.2. The summed E-state index contributed by atoms with van der Waals surface area (Å²) < 4.78 is 273. The van der Waals surface area contributed by atoms with Crippen molar-refractivity contribution in [2.24, 2.45) is 0 Å². The van der Waals surface area contributed by atoms with Crippen molar-refractivity contribution >= 4 is 83.2 Å². The SMILES string of the molecule is CCCCCCCCCCCCOS(=O)(=O)O.CCCCCCCCCCCCOS(=O)(=O)O.CCCCCCCCCCCCOS(=O)(=O)[O-].CCCCCCCCCCCCOS(=O)(=O)[O-].CCCCCCCCCCCCOS(=O)(=O)[O-].CCCCCCCCCCCCOS(=O)(=O)[O-].CCCCCCCCCCCCOS(=O)(=O)[O-].CCCCCCCCCCCCOS(=O)(=O)[O-].[Na+].[Na+].[Na+].[Na+].[Na+].[Na+]. The van der Waals surface area contributed by atoms with Gasteiger partial charge in [-0.25, -0.2) is 58.9 Å². The molecule has 0 aromatic heterocycles. The third-order valence-electron chi connectivity index (χ3n) is 21.8. The molecule has 0 amide bonds. The van der Waals surface area contributed by atoms with Crippen LogP contribution in [0.4, 0.5) is 0 Å². The minimum absolute atomic E-state index is 0. The molecule has 0 rings (SSSR count). The Bertz CT molecular complexity index is 2680. The molecule has 0 radical (unpaired) electrons. The van der Waals surface area contributed by atoms with Crippen LogP contribution in [-0.2, 0) is 117 Å². The molecule has 0 aromatic rings. The summed E-state index contributed by atoms with van der Waals surface area (Å²) >= 11 is 0. The average molecular weight is 2260 g/mol. The molecule has 0 aliphatic carbocycles. The van der Waals surface area contributed by atoms with Gasteiger partial charge in [0.05, 0.1) is 52.9 Å². The monoisotopic (exact) mass is 2260 g/mol. The zero-order valence-electron chi connectivity index (χ0n) is 92.6. The summed E-state index contributed by atoms with van der Waals surface area (Å²) in [6.07, 6.45) is 93.9. The van der Waals surface area contributed by atoms with E-state index in [1.54, 1.807) is 0 Å². The Kier molecular flexibility index (Phi) is 172. The Morgan fingerprint density at radius 1 is 0.127 bits per heavy atom. The van der Waals surface area contributed by atoms with E-state index in [9.17, 15) is 94.7 Å². The molecule has 0 saturated heterocycles. The maximum Gasteiger partial charge on any atom is 1.00 e. The van der Waals surface area contributed by atoms with Gasteiger partial charge in [0.2, 0.25) is 62.4 Å². The van der Waals surface area contributed by atoms with Crippen molar-refractivity contribution < 1.29 is 315 Å². The van der Waals surface area contributed by atoms with E-state index < -0.39 is 83.2 Å². The third kappa shape index (κ3) is 220. The van der Waals surface area contributed by atoms with Crippen LogP contribution in [0.3, 0.4) is 0 Å². The van der Waals surface area contributed by atoms with E-state index in [1.807, 2.05) is 0 Å². The molecule has 0 unspecified atom stereocenters. The van der Waals surface area contributed by atoms with Gasteiger partial charge >= 0.3 is 198 Å². The second kappa shape index (κ2) is 138. The van der Waals surface area contributed by atoms with Crippen LogP contribution in [0.1, 0.15) is 569 Å². The summed E-state index contributed by atoms with van der Waals surface area (Å²) in [5.41, 5.74) is 0. The minimum atomic E-state index is -4.48. The van der Waals surface area contributed by atoms with Crippen LogP contribution in [0.25, 0.3) is 0 Å². The molecule has 2 N–H and O–H groups in total. The molecule has 0 saturated carbocycles. The first kappa shape index (κ1) is 177. The molecule has 142 heavy (non-hydrogen) atoms. The second-order valence-electron chi connectivity index (χ2n) is 35.3. The van der Waals surface area contributed by atoms with Crippen molar-refractivity contribution in [3.8, 4) is 0 Å². The van der Waals surface area contributed by atoms with Gasteiger partial charge in [0.1, 0.15) is 0 Å². The zero-order chi connectivity index (χ0) is 104. The van der Waals surface area contributed by atoms with Crippen LogP contribution in [0.15, 0.2) is 0 Å². The van der Waals surface area contributed by atoms with Crippen LogP contribution in [-0.4, -0.2) is 157 Å². The molecular weight excluding hydrogens is 2060 g/mol. The zero-order valence-corrected chi connectivity index (χ0v) is 111.